The number of unbranched alkanes of at least 4 members (excludes halogenated alkanes) is 1. The van der Waals surface area contributed by atoms with Crippen molar-refractivity contribution in [2.24, 2.45) is 0 Å². The van der Waals surface area contributed by atoms with Crippen molar-refractivity contribution in [2.45, 2.75) is 43.3 Å². The van der Waals surface area contributed by atoms with Crippen molar-refractivity contribution >= 4 is 11.8 Å². The lowest BCUT2D eigenvalue weighted by Crippen LogP contribution is -2.47. The van der Waals surface area contributed by atoms with Gasteiger partial charge in [0.1, 0.15) is 23.5 Å². The van der Waals surface area contributed by atoms with E-state index in [1.165, 1.54) is 0 Å². The van der Waals surface area contributed by atoms with E-state index in [2.05, 4.69) is 15.5 Å². The molecule has 0 radical (unpaired) electrons. The van der Waals surface area contributed by atoms with E-state index in [9.17, 15) is 22.8 Å². The van der Waals surface area contributed by atoms with E-state index in [1.54, 1.807) is 12.1 Å². The van der Waals surface area contributed by atoms with Gasteiger partial charge in [-0.2, -0.15) is 13.2 Å². The van der Waals surface area contributed by atoms with Crippen molar-refractivity contribution in [1.82, 2.24) is 15.5 Å². The summed E-state index contributed by atoms with van der Waals surface area (Å²) in [5, 5.41) is 5.35. The molecule has 2 aliphatic rings. The van der Waals surface area contributed by atoms with Gasteiger partial charge in [-0.05, 0) is 72.3 Å². The zero-order valence-corrected chi connectivity index (χ0v) is 25.4. The van der Waals surface area contributed by atoms with Crippen LogP contribution in [0.5, 0.6) is 11.5 Å². The maximum absolute atomic E-state index is 13.7. The topological polar surface area (TPSA) is 70.7 Å². The minimum atomic E-state index is -4.51. The number of amides is 2. The number of para-hydroxylation sites is 2. The Hall–Kier alpha value is -4.63. The van der Waals surface area contributed by atoms with Gasteiger partial charge in [-0.3, -0.25) is 9.59 Å². The molecule has 9 heteroatoms. The van der Waals surface area contributed by atoms with Crippen LogP contribution < -0.4 is 15.4 Å². The van der Waals surface area contributed by atoms with Crippen LogP contribution in [0.1, 0.15) is 47.2 Å². The molecule has 6 nitrogen and oxygen atoms in total. The highest BCUT2D eigenvalue weighted by molar-refractivity contribution is 6.00. The minimum Gasteiger partial charge on any atom is -0.457 e. The number of carbonyl (C=O) groups is 2. The number of nitrogens with zero attached hydrogens (tertiary/aromatic N) is 1. The number of hydrogen-bond acceptors (Lipinski definition) is 4. The summed E-state index contributed by atoms with van der Waals surface area (Å²) in [5.74, 6) is 0.328. The summed E-state index contributed by atoms with van der Waals surface area (Å²) in [5.41, 5.74) is 2.53. The number of hydrogen-bond donors (Lipinski definition) is 2. The third kappa shape index (κ3) is 6.65. The largest absolute Gasteiger partial charge is 0.457 e. The zero-order chi connectivity index (χ0) is 32.1. The fraction of sp³-hybridized carbons (Fsp3) is 0.297. The molecule has 2 N–H and O–H groups in total. The van der Waals surface area contributed by atoms with Gasteiger partial charge in [-0.15, -0.1) is 0 Å². The molecule has 6 rings (SSSR count). The van der Waals surface area contributed by atoms with Crippen LogP contribution in [0.3, 0.4) is 0 Å². The lowest BCUT2D eigenvalue weighted by Gasteiger charge is -2.31. The molecule has 0 bridgehead atoms. The molecule has 0 saturated carbocycles. The molecule has 4 aromatic carbocycles. The first-order chi connectivity index (χ1) is 22.2. The third-order valence-corrected chi connectivity index (χ3v) is 8.89. The Kier molecular flexibility index (Phi) is 9.12. The van der Waals surface area contributed by atoms with Gasteiger partial charge in [0.15, 0.2) is 0 Å². The molecular weight excluding hydrogens is 591 g/mol. The van der Waals surface area contributed by atoms with E-state index < -0.39 is 24.0 Å². The Labute approximate surface area is 266 Å². The number of fused-ring (bicyclic) bond motifs is 3. The second kappa shape index (κ2) is 13.4. The Bertz CT molecular complexity index is 1650. The summed E-state index contributed by atoms with van der Waals surface area (Å²) in [6.45, 7) is 0.887. The maximum atomic E-state index is 13.7. The average Bonchev–Trinajstić information content (AvgIpc) is 3.63. The molecule has 1 aliphatic carbocycles. The molecule has 4 aromatic rings. The number of likely N-dealkylation sites (tertiary alicyclic amines) is 1. The third-order valence-electron chi connectivity index (χ3n) is 8.89. The van der Waals surface area contributed by atoms with Crippen molar-refractivity contribution in [1.29, 1.82) is 0 Å². The van der Waals surface area contributed by atoms with Crippen LogP contribution in [-0.4, -0.2) is 55.1 Å². The van der Waals surface area contributed by atoms with Crippen LogP contribution in [0.4, 0.5) is 13.2 Å². The van der Waals surface area contributed by atoms with Crippen LogP contribution in [0.25, 0.3) is 11.1 Å². The van der Waals surface area contributed by atoms with Gasteiger partial charge in [0.25, 0.3) is 5.91 Å². The summed E-state index contributed by atoms with van der Waals surface area (Å²) >= 11 is 0. The Balaban J connectivity index is 1.08. The number of carbonyl (C=O) groups excluding carboxylic acids is 2. The summed E-state index contributed by atoms with van der Waals surface area (Å²) in [4.78, 5) is 29.2. The predicted octanol–water partition coefficient (Wildman–Crippen LogP) is 7.10. The summed E-state index contributed by atoms with van der Waals surface area (Å²) in [6, 6.07) is 31.5. The normalized spacial score (nSPS) is 16.8. The zero-order valence-electron chi connectivity index (χ0n) is 25.4. The highest BCUT2D eigenvalue weighted by Crippen LogP contribution is 2.51. The number of nitrogens with one attached hydrogen (secondary N) is 2. The first-order valence-electron chi connectivity index (χ1n) is 15.6. The second-order valence-corrected chi connectivity index (χ2v) is 11.9. The monoisotopic (exact) mass is 627 g/mol. The van der Waals surface area contributed by atoms with E-state index >= 15 is 0 Å². The van der Waals surface area contributed by atoms with E-state index in [-0.39, 0.29) is 11.9 Å². The smallest absolute Gasteiger partial charge is 0.405 e. The number of halogens is 3. The fourth-order valence-electron chi connectivity index (χ4n) is 6.79. The van der Waals surface area contributed by atoms with Gasteiger partial charge in [0, 0.05) is 19.1 Å². The Morgan fingerprint density at radius 2 is 1.46 bits per heavy atom. The Morgan fingerprint density at radius 3 is 2.15 bits per heavy atom. The standard InChI is InChI=1S/C37H36F3N3O3/c38-37(39,40)25-41-35(45)36(31-17-7-4-14-28(31)29-15-5-8-18-32(29)36)21-10-11-22-43-23-20-26(24-43)42-34(44)30-16-6-9-19-33(30)46-27-12-2-1-3-13-27/h1-9,12-19,26H,10-11,20-25H2,(H,41,45)(H,42,44)/t26-/m0/s1. The summed E-state index contributed by atoms with van der Waals surface area (Å²) in [6.07, 6.45) is -1.92. The van der Waals surface area contributed by atoms with E-state index in [4.69, 9.17) is 4.74 Å². The maximum Gasteiger partial charge on any atom is 0.405 e. The highest BCUT2D eigenvalue weighted by atomic mass is 19.4. The van der Waals surface area contributed by atoms with Gasteiger partial charge in [0.2, 0.25) is 5.91 Å². The van der Waals surface area contributed by atoms with Gasteiger partial charge in [-0.1, -0.05) is 85.3 Å². The SMILES string of the molecule is O=C(N[C@H]1CCN(CCCCC2(C(=O)NCC(F)(F)F)c3ccccc3-c3ccccc32)C1)c1ccccc1Oc1ccccc1. The lowest BCUT2D eigenvalue weighted by atomic mass is 9.73. The molecule has 1 heterocycles. The molecule has 0 unspecified atom stereocenters. The molecular formula is C37H36F3N3O3. The lowest BCUT2D eigenvalue weighted by molar-refractivity contribution is -0.141. The number of ether oxygens (including phenoxy) is 1. The van der Waals surface area contributed by atoms with Crippen molar-refractivity contribution in [3.8, 4) is 22.6 Å². The van der Waals surface area contributed by atoms with Crippen molar-refractivity contribution < 1.29 is 27.5 Å². The van der Waals surface area contributed by atoms with Crippen molar-refractivity contribution in [3.05, 3.63) is 120 Å². The molecule has 1 atom stereocenters. The first kappa shape index (κ1) is 31.4. The predicted molar refractivity (Wildman–Crippen MR) is 171 cm³/mol. The molecule has 1 fully saturated rings. The van der Waals surface area contributed by atoms with Crippen LogP contribution in [0.15, 0.2) is 103 Å². The molecule has 2 amide bonds. The second-order valence-electron chi connectivity index (χ2n) is 11.9. The minimum absolute atomic E-state index is 0.0228. The highest BCUT2D eigenvalue weighted by Gasteiger charge is 2.49. The van der Waals surface area contributed by atoms with Crippen molar-refractivity contribution in [3.63, 3.8) is 0 Å². The van der Waals surface area contributed by atoms with Gasteiger partial charge in [0.05, 0.1) is 5.56 Å². The van der Waals surface area contributed by atoms with Gasteiger partial charge < -0.3 is 20.3 Å². The molecule has 238 valence electrons. The molecule has 0 spiro atoms. The number of rotatable bonds is 11. The van der Waals surface area contributed by atoms with Gasteiger partial charge >= 0.3 is 6.18 Å². The summed E-state index contributed by atoms with van der Waals surface area (Å²) in [7, 11) is 0. The Morgan fingerprint density at radius 1 is 0.826 bits per heavy atom. The fourth-order valence-corrected chi connectivity index (χ4v) is 6.79. The first-order valence-corrected chi connectivity index (χ1v) is 15.6. The van der Waals surface area contributed by atoms with Crippen LogP contribution >= 0.6 is 0 Å². The van der Waals surface area contributed by atoms with E-state index in [0.717, 1.165) is 48.2 Å². The number of alkyl halides is 3. The number of benzene rings is 4. The van der Waals surface area contributed by atoms with Gasteiger partial charge in [-0.25, -0.2) is 0 Å². The quantitative estimate of drug-likeness (QED) is 0.174. The average molecular weight is 628 g/mol. The molecule has 46 heavy (non-hydrogen) atoms. The summed E-state index contributed by atoms with van der Waals surface area (Å²) < 4.78 is 45.5. The van der Waals surface area contributed by atoms with Crippen LogP contribution in [-0.2, 0) is 10.2 Å². The molecule has 0 aromatic heterocycles. The molecule has 1 aliphatic heterocycles. The van der Waals surface area contributed by atoms with Crippen LogP contribution in [0.2, 0.25) is 0 Å². The van der Waals surface area contributed by atoms with Crippen LogP contribution in [0, 0.1) is 0 Å². The molecule has 1 saturated heterocycles. The van der Waals surface area contributed by atoms with E-state index in [1.807, 2.05) is 91.0 Å². The van der Waals surface area contributed by atoms with Crippen molar-refractivity contribution in [2.75, 3.05) is 26.2 Å². The van der Waals surface area contributed by atoms with E-state index in [0.29, 0.717) is 36.4 Å².